The lowest BCUT2D eigenvalue weighted by atomic mass is 10.1. The molecule has 0 atom stereocenters. The standard InChI is InChI=1S/C20H16F6N2S/c21-19(22,23)15-1-5-17(6-2-15)27-9-13-11-29-12-14(13)10-28-18-7-3-16(4-8-18)20(24,25)26/h1-8,11-12,27-28H,9-10H2. The van der Waals surface area contributed by atoms with Gasteiger partial charge in [0.05, 0.1) is 11.1 Å². The number of anilines is 2. The van der Waals surface area contributed by atoms with E-state index in [1.165, 1.54) is 35.6 Å². The lowest BCUT2D eigenvalue weighted by Gasteiger charge is -2.12. The second-order valence-corrected chi connectivity index (χ2v) is 7.02. The highest BCUT2D eigenvalue weighted by molar-refractivity contribution is 7.08. The Morgan fingerprint density at radius 2 is 0.931 bits per heavy atom. The summed E-state index contributed by atoms with van der Waals surface area (Å²) < 4.78 is 75.6. The number of rotatable bonds is 6. The lowest BCUT2D eigenvalue weighted by Crippen LogP contribution is -2.07. The Bertz CT molecular complexity index is 851. The molecule has 3 aromatic rings. The minimum absolute atomic E-state index is 0.416. The van der Waals surface area contributed by atoms with Crippen molar-refractivity contribution in [1.29, 1.82) is 0 Å². The Hall–Kier alpha value is -2.68. The second-order valence-electron chi connectivity index (χ2n) is 6.28. The van der Waals surface area contributed by atoms with E-state index in [0.717, 1.165) is 35.4 Å². The molecule has 29 heavy (non-hydrogen) atoms. The minimum atomic E-state index is -4.37. The van der Waals surface area contributed by atoms with Gasteiger partial charge in [-0.3, -0.25) is 0 Å². The number of benzene rings is 2. The van der Waals surface area contributed by atoms with Crippen LogP contribution in [0.4, 0.5) is 37.7 Å². The van der Waals surface area contributed by atoms with Gasteiger partial charge >= 0.3 is 12.4 Å². The quantitative estimate of drug-likeness (QED) is 0.411. The lowest BCUT2D eigenvalue weighted by molar-refractivity contribution is -0.138. The van der Waals surface area contributed by atoms with Crippen LogP contribution in [0.1, 0.15) is 22.3 Å². The summed E-state index contributed by atoms with van der Waals surface area (Å²) in [6.45, 7) is 0.831. The van der Waals surface area contributed by atoms with Crippen molar-refractivity contribution in [2.45, 2.75) is 25.4 Å². The molecule has 0 radical (unpaired) electrons. The van der Waals surface area contributed by atoms with E-state index in [2.05, 4.69) is 10.6 Å². The van der Waals surface area contributed by atoms with Crippen LogP contribution in [-0.2, 0) is 25.4 Å². The van der Waals surface area contributed by atoms with Gasteiger partial charge in [0.2, 0.25) is 0 Å². The molecule has 154 valence electrons. The number of hydrogen-bond acceptors (Lipinski definition) is 3. The average molecular weight is 430 g/mol. The van der Waals surface area contributed by atoms with Gasteiger partial charge < -0.3 is 10.6 Å². The molecule has 0 fully saturated rings. The molecule has 0 unspecified atom stereocenters. The van der Waals surface area contributed by atoms with Gasteiger partial charge in [-0.05, 0) is 70.4 Å². The van der Waals surface area contributed by atoms with Crippen LogP contribution in [0.2, 0.25) is 0 Å². The van der Waals surface area contributed by atoms with Crippen LogP contribution in [0.15, 0.2) is 59.3 Å². The first-order valence-electron chi connectivity index (χ1n) is 8.49. The van der Waals surface area contributed by atoms with Crippen LogP contribution < -0.4 is 10.6 Å². The normalized spacial score (nSPS) is 12.1. The molecule has 0 spiro atoms. The van der Waals surface area contributed by atoms with Crippen molar-refractivity contribution in [1.82, 2.24) is 0 Å². The van der Waals surface area contributed by atoms with Crippen molar-refractivity contribution in [3.05, 3.63) is 81.5 Å². The average Bonchev–Trinajstić information content (AvgIpc) is 3.11. The van der Waals surface area contributed by atoms with Crippen LogP contribution in [0, 0.1) is 0 Å². The zero-order valence-electron chi connectivity index (χ0n) is 14.9. The maximum Gasteiger partial charge on any atom is 0.416 e. The topological polar surface area (TPSA) is 24.1 Å². The molecule has 0 saturated heterocycles. The Kier molecular flexibility index (Phi) is 6.07. The molecule has 2 N–H and O–H groups in total. The van der Waals surface area contributed by atoms with Crippen molar-refractivity contribution in [3.63, 3.8) is 0 Å². The highest BCUT2D eigenvalue weighted by Crippen LogP contribution is 2.31. The first-order chi connectivity index (χ1) is 13.6. The molecule has 0 amide bonds. The third-order valence-electron chi connectivity index (χ3n) is 4.22. The SMILES string of the molecule is FC(F)(F)c1ccc(NCc2cscc2CNc2ccc(C(F)(F)F)cc2)cc1. The van der Waals surface area contributed by atoms with E-state index < -0.39 is 23.5 Å². The van der Waals surface area contributed by atoms with Crippen molar-refractivity contribution >= 4 is 22.7 Å². The zero-order valence-corrected chi connectivity index (χ0v) is 15.7. The third-order valence-corrected chi connectivity index (χ3v) is 5.06. The minimum Gasteiger partial charge on any atom is -0.381 e. The number of halogens is 6. The molecule has 1 aromatic heterocycles. The van der Waals surface area contributed by atoms with Gasteiger partial charge in [0.15, 0.2) is 0 Å². The third kappa shape index (κ3) is 5.66. The van der Waals surface area contributed by atoms with E-state index in [4.69, 9.17) is 0 Å². The summed E-state index contributed by atoms with van der Waals surface area (Å²) in [5.74, 6) is 0. The Morgan fingerprint density at radius 1 is 0.586 bits per heavy atom. The van der Waals surface area contributed by atoms with Gasteiger partial charge in [-0.15, -0.1) is 0 Å². The first kappa shape index (κ1) is 21.0. The number of hydrogen-bond donors (Lipinski definition) is 2. The molecule has 0 saturated carbocycles. The van der Waals surface area contributed by atoms with Crippen molar-refractivity contribution in [3.8, 4) is 0 Å². The zero-order chi connectivity index (χ0) is 21.1. The van der Waals surface area contributed by atoms with E-state index in [9.17, 15) is 26.3 Å². The van der Waals surface area contributed by atoms with E-state index in [0.29, 0.717) is 24.5 Å². The largest absolute Gasteiger partial charge is 0.416 e. The van der Waals surface area contributed by atoms with Crippen LogP contribution in [0.3, 0.4) is 0 Å². The molecule has 0 aliphatic heterocycles. The summed E-state index contributed by atoms with van der Waals surface area (Å²) in [5.41, 5.74) is 1.61. The Labute approximate surface area is 167 Å². The maximum atomic E-state index is 12.6. The summed E-state index contributed by atoms with van der Waals surface area (Å²) >= 11 is 1.47. The van der Waals surface area contributed by atoms with Crippen LogP contribution >= 0.6 is 11.3 Å². The van der Waals surface area contributed by atoms with Crippen LogP contribution in [0.5, 0.6) is 0 Å². The summed E-state index contributed by atoms with van der Waals surface area (Å²) in [4.78, 5) is 0. The number of alkyl halides is 6. The molecule has 0 aliphatic rings. The molecule has 9 heteroatoms. The van der Waals surface area contributed by atoms with Crippen molar-refractivity contribution in [2.75, 3.05) is 10.6 Å². The fraction of sp³-hybridized carbons (Fsp3) is 0.200. The molecular formula is C20H16F6N2S. The van der Waals surface area contributed by atoms with Gasteiger partial charge in [-0.25, -0.2) is 0 Å². The van der Waals surface area contributed by atoms with E-state index in [-0.39, 0.29) is 0 Å². The first-order valence-corrected chi connectivity index (χ1v) is 9.43. The molecule has 2 nitrogen and oxygen atoms in total. The second kappa shape index (κ2) is 8.36. The van der Waals surface area contributed by atoms with Crippen LogP contribution in [0.25, 0.3) is 0 Å². The highest BCUT2D eigenvalue weighted by atomic mass is 32.1. The molecule has 0 bridgehead atoms. The van der Waals surface area contributed by atoms with E-state index in [1.807, 2.05) is 10.8 Å². The summed E-state index contributed by atoms with van der Waals surface area (Å²) in [6.07, 6.45) is -8.74. The van der Waals surface area contributed by atoms with Gasteiger partial charge in [0.1, 0.15) is 0 Å². The van der Waals surface area contributed by atoms with Gasteiger partial charge in [0, 0.05) is 24.5 Å². The fourth-order valence-corrected chi connectivity index (χ4v) is 3.47. The van der Waals surface area contributed by atoms with Gasteiger partial charge in [0.25, 0.3) is 0 Å². The number of nitrogens with one attached hydrogen (secondary N) is 2. The monoisotopic (exact) mass is 430 g/mol. The summed E-state index contributed by atoms with van der Waals surface area (Å²) in [5, 5.41) is 9.98. The van der Waals surface area contributed by atoms with Crippen LogP contribution in [-0.4, -0.2) is 0 Å². The molecular weight excluding hydrogens is 414 g/mol. The predicted octanol–water partition coefficient (Wildman–Crippen LogP) is 7.01. The van der Waals surface area contributed by atoms with Crippen molar-refractivity contribution < 1.29 is 26.3 Å². The smallest absolute Gasteiger partial charge is 0.381 e. The highest BCUT2D eigenvalue weighted by Gasteiger charge is 2.30. The van der Waals surface area contributed by atoms with E-state index >= 15 is 0 Å². The number of thiophene rings is 1. The molecule has 3 rings (SSSR count). The summed E-state index contributed by atoms with van der Waals surface area (Å²) in [6, 6.07) is 9.55. The fourth-order valence-electron chi connectivity index (χ4n) is 2.61. The van der Waals surface area contributed by atoms with Crippen molar-refractivity contribution in [2.24, 2.45) is 0 Å². The maximum absolute atomic E-state index is 12.6. The van der Waals surface area contributed by atoms with Gasteiger partial charge in [-0.2, -0.15) is 37.7 Å². The molecule has 0 aliphatic carbocycles. The predicted molar refractivity (Wildman–Crippen MR) is 102 cm³/mol. The Morgan fingerprint density at radius 3 is 1.24 bits per heavy atom. The Balaban J connectivity index is 1.57. The van der Waals surface area contributed by atoms with Gasteiger partial charge in [-0.1, -0.05) is 0 Å². The summed E-state index contributed by atoms with van der Waals surface area (Å²) in [7, 11) is 0. The molecule has 2 aromatic carbocycles. The van der Waals surface area contributed by atoms with E-state index in [1.54, 1.807) is 0 Å². The molecule has 1 heterocycles.